The normalized spacial score (nSPS) is 14.7. The molecule has 0 bridgehead atoms. The molecule has 20 heavy (non-hydrogen) atoms. The van der Waals surface area contributed by atoms with Gasteiger partial charge in [-0.15, -0.1) is 0 Å². The summed E-state index contributed by atoms with van der Waals surface area (Å²) < 4.78 is 7.54. The number of carbonyl (C=O) groups excluding carboxylic acids is 1. The number of nitrogens with zero attached hydrogens (tertiary/aromatic N) is 1. The summed E-state index contributed by atoms with van der Waals surface area (Å²) in [6.07, 6.45) is 4.56. The van der Waals surface area contributed by atoms with Crippen molar-refractivity contribution in [1.29, 1.82) is 0 Å². The van der Waals surface area contributed by atoms with Gasteiger partial charge in [0, 0.05) is 42.9 Å². The van der Waals surface area contributed by atoms with E-state index in [1.807, 2.05) is 42.1 Å². The van der Waals surface area contributed by atoms with Crippen molar-refractivity contribution in [1.82, 2.24) is 9.88 Å². The van der Waals surface area contributed by atoms with Gasteiger partial charge in [0.25, 0.3) is 5.91 Å². The first-order valence-corrected chi connectivity index (χ1v) is 7.15. The van der Waals surface area contributed by atoms with E-state index in [1.54, 1.807) is 0 Å². The van der Waals surface area contributed by atoms with Crippen molar-refractivity contribution in [2.75, 3.05) is 19.8 Å². The van der Waals surface area contributed by atoms with Crippen molar-refractivity contribution in [2.45, 2.75) is 12.8 Å². The molecule has 4 heteroatoms. The lowest BCUT2D eigenvalue weighted by Crippen LogP contribution is -2.27. The molecular weight excluding hydrogens is 252 g/mol. The topological polar surface area (TPSA) is 43.3 Å². The minimum atomic E-state index is -0.0307. The standard InChI is InChI=1S/C16H20N2O2/c1-18-9-7-13-14(3-2-4-15(13)18)16(19)17-8-10-20-11-12-5-6-12/h2-4,7,9,12H,5-6,8,10-11H2,1H3,(H,17,19). The van der Waals surface area contributed by atoms with Crippen molar-refractivity contribution < 1.29 is 9.53 Å². The molecule has 1 heterocycles. The van der Waals surface area contributed by atoms with Crippen LogP contribution in [0.4, 0.5) is 0 Å². The van der Waals surface area contributed by atoms with E-state index in [1.165, 1.54) is 12.8 Å². The van der Waals surface area contributed by atoms with Gasteiger partial charge in [-0.25, -0.2) is 0 Å². The largest absolute Gasteiger partial charge is 0.379 e. The predicted molar refractivity (Wildman–Crippen MR) is 78.8 cm³/mol. The number of carbonyl (C=O) groups is 1. The van der Waals surface area contributed by atoms with Crippen LogP contribution < -0.4 is 5.32 Å². The smallest absolute Gasteiger partial charge is 0.252 e. The highest BCUT2D eigenvalue weighted by molar-refractivity contribution is 6.06. The van der Waals surface area contributed by atoms with Crippen molar-refractivity contribution in [2.24, 2.45) is 13.0 Å². The van der Waals surface area contributed by atoms with E-state index in [-0.39, 0.29) is 5.91 Å². The number of ether oxygens (including phenoxy) is 1. The summed E-state index contributed by atoms with van der Waals surface area (Å²) in [5.74, 6) is 0.737. The second-order valence-electron chi connectivity index (χ2n) is 5.44. The molecule has 1 aromatic heterocycles. The Labute approximate surface area is 118 Å². The third-order valence-electron chi connectivity index (χ3n) is 3.75. The van der Waals surface area contributed by atoms with Crippen LogP contribution in [0.2, 0.25) is 0 Å². The fourth-order valence-electron chi connectivity index (χ4n) is 2.37. The van der Waals surface area contributed by atoms with E-state index in [4.69, 9.17) is 4.74 Å². The van der Waals surface area contributed by atoms with Crippen molar-refractivity contribution in [3.8, 4) is 0 Å². The first-order valence-electron chi connectivity index (χ1n) is 7.15. The van der Waals surface area contributed by atoms with Gasteiger partial charge in [0.05, 0.1) is 6.61 Å². The molecule has 0 aliphatic heterocycles. The van der Waals surface area contributed by atoms with Crippen molar-refractivity contribution in [3.05, 3.63) is 36.0 Å². The minimum Gasteiger partial charge on any atom is -0.379 e. The highest BCUT2D eigenvalue weighted by atomic mass is 16.5. The summed E-state index contributed by atoms with van der Waals surface area (Å²) in [6, 6.07) is 7.78. The van der Waals surface area contributed by atoms with Crippen LogP contribution in [0.5, 0.6) is 0 Å². The van der Waals surface area contributed by atoms with Crippen LogP contribution in [0.1, 0.15) is 23.2 Å². The third kappa shape index (κ3) is 2.85. The van der Waals surface area contributed by atoms with Gasteiger partial charge in [-0.1, -0.05) is 6.07 Å². The van der Waals surface area contributed by atoms with E-state index < -0.39 is 0 Å². The Hall–Kier alpha value is -1.81. The highest BCUT2D eigenvalue weighted by Crippen LogP contribution is 2.28. The number of aryl methyl sites for hydroxylation is 1. The number of amides is 1. The molecular formula is C16H20N2O2. The molecule has 1 aromatic carbocycles. The average Bonchev–Trinajstić information content (AvgIpc) is 3.21. The predicted octanol–water partition coefficient (Wildman–Crippen LogP) is 2.33. The molecule has 0 atom stereocenters. The molecule has 0 unspecified atom stereocenters. The number of hydrogen-bond acceptors (Lipinski definition) is 2. The van der Waals surface area contributed by atoms with Gasteiger partial charge >= 0.3 is 0 Å². The van der Waals surface area contributed by atoms with Crippen LogP contribution in [-0.4, -0.2) is 30.2 Å². The quantitative estimate of drug-likeness (QED) is 0.820. The molecule has 0 spiro atoms. The summed E-state index contributed by atoms with van der Waals surface area (Å²) in [7, 11) is 1.98. The van der Waals surface area contributed by atoms with Gasteiger partial charge in [0.1, 0.15) is 0 Å². The molecule has 1 aliphatic rings. The Morgan fingerprint density at radius 3 is 3.05 bits per heavy atom. The fraction of sp³-hybridized carbons (Fsp3) is 0.438. The van der Waals surface area contributed by atoms with E-state index >= 15 is 0 Å². The van der Waals surface area contributed by atoms with Crippen LogP contribution in [0, 0.1) is 5.92 Å². The second-order valence-corrected chi connectivity index (χ2v) is 5.44. The number of nitrogens with one attached hydrogen (secondary N) is 1. The zero-order chi connectivity index (χ0) is 13.9. The Kier molecular flexibility index (Phi) is 3.74. The fourth-order valence-corrected chi connectivity index (χ4v) is 2.37. The number of rotatable bonds is 6. The Morgan fingerprint density at radius 1 is 1.40 bits per heavy atom. The summed E-state index contributed by atoms with van der Waals surface area (Å²) >= 11 is 0. The van der Waals surface area contributed by atoms with E-state index in [2.05, 4.69) is 5.32 Å². The summed E-state index contributed by atoms with van der Waals surface area (Å²) in [4.78, 5) is 12.2. The lowest BCUT2D eigenvalue weighted by molar-refractivity contribution is 0.0908. The molecule has 1 saturated carbocycles. The van der Waals surface area contributed by atoms with Gasteiger partial charge < -0.3 is 14.6 Å². The number of aromatic nitrogens is 1. The summed E-state index contributed by atoms with van der Waals surface area (Å²) in [5.41, 5.74) is 1.80. The molecule has 106 valence electrons. The number of fused-ring (bicyclic) bond motifs is 1. The van der Waals surface area contributed by atoms with Gasteiger partial charge in [-0.3, -0.25) is 4.79 Å². The average molecular weight is 272 g/mol. The first kappa shape index (κ1) is 13.2. The number of benzene rings is 1. The summed E-state index contributed by atoms with van der Waals surface area (Å²) in [5, 5.41) is 3.91. The van der Waals surface area contributed by atoms with Gasteiger partial charge in [-0.2, -0.15) is 0 Å². The van der Waals surface area contributed by atoms with Gasteiger partial charge in [0.2, 0.25) is 0 Å². The van der Waals surface area contributed by atoms with E-state index in [0.29, 0.717) is 13.2 Å². The maximum Gasteiger partial charge on any atom is 0.252 e. The van der Waals surface area contributed by atoms with E-state index in [0.717, 1.165) is 29.0 Å². The van der Waals surface area contributed by atoms with Crippen LogP contribution >= 0.6 is 0 Å². The maximum atomic E-state index is 12.2. The third-order valence-corrected chi connectivity index (χ3v) is 3.75. The monoisotopic (exact) mass is 272 g/mol. The lowest BCUT2D eigenvalue weighted by Gasteiger charge is -2.07. The SMILES string of the molecule is Cn1ccc2c(C(=O)NCCOCC3CC3)cccc21. The minimum absolute atomic E-state index is 0.0307. The molecule has 0 saturated heterocycles. The molecule has 1 fully saturated rings. The van der Waals surface area contributed by atoms with Crippen LogP contribution in [0.15, 0.2) is 30.5 Å². The molecule has 4 nitrogen and oxygen atoms in total. The Balaban J connectivity index is 1.57. The second kappa shape index (κ2) is 5.67. The molecule has 1 aliphatic carbocycles. The molecule has 3 rings (SSSR count). The molecule has 1 N–H and O–H groups in total. The van der Waals surface area contributed by atoms with Crippen LogP contribution in [-0.2, 0) is 11.8 Å². The lowest BCUT2D eigenvalue weighted by atomic mass is 10.1. The van der Waals surface area contributed by atoms with Crippen molar-refractivity contribution >= 4 is 16.8 Å². The van der Waals surface area contributed by atoms with Gasteiger partial charge in [0.15, 0.2) is 0 Å². The van der Waals surface area contributed by atoms with Crippen LogP contribution in [0.3, 0.4) is 0 Å². The van der Waals surface area contributed by atoms with Crippen LogP contribution in [0.25, 0.3) is 10.9 Å². The Bertz CT molecular complexity index is 614. The zero-order valence-corrected chi connectivity index (χ0v) is 11.8. The first-order chi connectivity index (χ1) is 9.75. The van der Waals surface area contributed by atoms with E-state index in [9.17, 15) is 4.79 Å². The van der Waals surface area contributed by atoms with Crippen molar-refractivity contribution in [3.63, 3.8) is 0 Å². The highest BCUT2D eigenvalue weighted by Gasteiger charge is 2.20. The zero-order valence-electron chi connectivity index (χ0n) is 11.8. The summed E-state index contributed by atoms with van der Waals surface area (Å²) in [6.45, 7) is 1.99. The molecule has 0 radical (unpaired) electrons. The van der Waals surface area contributed by atoms with Gasteiger partial charge in [-0.05, 0) is 37.0 Å². The molecule has 2 aromatic rings. The number of hydrogen-bond donors (Lipinski definition) is 1. The Morgan fingerprint density at radius 2 is 2.25 bits per heavy atom. The maximum absolute atomic E-state index is 12.2. The molecule has 1 amide bonds.